The van der Waals surface area contributed by atoms with Crippen molar-refractivity contribution in [3.8, 4) is 0 Å². The Balaban J connectivity index is 0.00000141. The number of benzene rings is 1. The fourth-order valence-corrected chi connectivity index (χ4v) is 6.01. The number of sulfonamides is 1. The summed E-state index contributed by atoms with van der Waals surface area (Å²) in [5.41, 5.74) is 5.66. The maximum atomic E-state index is 12.8. The Hall–Kier alpha value is -2.16. The standard InChI is InChI=1S/C22H28N2O5S.C2H6/c1-16-20(19-4-2-3-5-21(19)24(16)15-22(25)26)14-17-6-8-18(9-7-17)30(27,28)23-10-12-29-13-11-23;1-2/h6-9H,2-5,10-15H2,1H3,(H,25,26);1-2H3. The molecule has 1 aliphatic carbocycles. The summed E-state index contributed by atoms with van der Waals surface area (Å²) in [4.78, 5) is 11.6. The van der Waals surface area contributed by atoms with Crippen molar-refractivity contribution < 1.29 is 23.1 Å². The first kappa shape index (κ1) is 24.5. The van der Waals surface area contributed by atoms with Crippen LogP contribution in [0.4, 0.5) is 0 Å². The zero-order valence-electron chi connectivity index (χ0n) is 19.3. The number of carbonyl (C=O) groups is 1. The minimum atomic E-state index is -3.50. The van der Waals surface area contributed by atoms with E-state index in [0.717, 1.165) is 42.6 Å². The van der Waals surface area contributed by atoms with Gasteiger partial charge in [0.2, 0.25) is 10.0 Å². The van der Waals surface area contributed by atoms with Gasteiger partial charge >= 0.3 is 5.97 Å². The van der Waals surface area contributed by atoms with E-state index in [1.165, 1.54) is 15.4 Å². The molecule has 0 saturated carbocycles. The number of rotatable bonds is 6. The second-order valence-electron chi connectivity index (χ2n) is 8.01. The minimum Gasteiger partial charge on any atom is -0.480 e. The maximum Gasteiger partial charge on any atom is 0.323 e. The molecule has 0 unspecified atom stereocenters. The fourth-order valence-electron chi connectivity index (χ4n) is 4.60. The first-order valence-corrected chi connectivity index (χ1v) is 12.9. The van der Waals surface area contributed by atoms with Crippen LogP contribution in [-0.4, -0.2) is 54.7 Å². The van der Waals surface area contributed by atoms with E-state index in [0.29, 0.717) is 37.6 Å². The number of carboxylic acids is 1. The number of fused-ring (bicyclic) bond motifs is 1. The van der Waals surface area contributed by atoms with E-state index >= 15 is 0 Å². The highest BCUT2D eigenvalue weighted by Gasteiger charge is 2.27. The van der Waals surface area contributed by atoms with Gasteiger partial charge < -0.3 is 14.4 Å². The first-order chi connectivity index (χ1) is 15.4. The molecule has 2 aromatic rings. The third kappa shape index (κ3) is 5.08. The van der Waals surface area contributed by atoms with Crippen molar-refractivity contribution in [3.05, 3.63) is 52.3 Å². The molecule has 8 heteroatoms. The second-order valence-corrected chi connectivity index (χ2v) is 9.95. The van der Waals surface area contributed by atoms with Crippen molar-refractivity contribution in [1.82, 2.24) is 8.87 Å². The number of ether oxygens (including phenoxy) is 1. The van der Waals surface area contributed by atoms with Crippen LogP contribution in [0.1, 0.15) is 54.8 Å². The molecule has 1 N–H and O–H groups in total. The molecule has 1 fully saturated rings. The number of hydrogen-bond donors (Lipinski definition) is 1. The first-order valence-electron chi connectivity index (χ1n) is 11.5. The summed E-state index contributed by atoms with van der Waals surface area (Å²) >= 11 is 0. The van der Waals surface area contributed by atoms with Crippen LogP contribution < -0.4 is 0 Å². The van der Waals surface area contributed by atoms with Gasteiger partial charge in [0.05, 0.1) is 18.1 Å². The molecular formula is C24H34N2O5S. The van der Waals surface area contributed by atoms with Crippen LogP contribution in [0.2, 0.25) is 0 Å². The summed E-state index contributed by atoms with van der Waals surface area (Å²) in [5.74, 6) is -0.828. The lowest BCUT2D eigenvalue weighted by molar-refractivity contribution is -0.137. The van der Waals surface area contributed by atoms with Gasteiger partial charge in [0.1, 0.15) is 6.54 Å². The molecule has 176 valence electrons. The molecule has 2 aliphatic rings. The van der Waals surface area contributed by atoms with Crippen LogP contribution >= 0.6 is 0 Å². The van der Waals surface area contributed by atoms with Crippen molar-refractivity contribution in [1.29, 1.82) is 0 Å². The van der Waals surface area contributed by atoms with Crippen LogP contribution in [-0.2, 0) is 45.4 Å². The highest BCUT2D eigenvalue weighted by Crippen LogP contribution is 2.32. The monoisotopic (exact) mass is 462 g/mol. The Morgan fingerprint density at radius 2 is 1.69 bits per heavy atom. The molecule has 7 nitrogen and oxygen atoms in total. The number of morpholine rings is 1. The summed E-state index contributed by atoms with van der Waals surface area (Å²) in [6.45, 7) is 7.60. The molecule has 4 rings (SSSR count). The SMILES string of the molecule is CC.Cc1c(Cc2ccc(S(=O)(=O)N3CCOCC3)cc2)c2c(n1CC(=O)O)CCCC2. The van der Waals surface area contributed by atoms with E-state index in [4.69, 9.17) is 4.74 Å². The highest BCUT2D eigenvalue weighted by atomic mass is 32.2. The highest BCUT2D eigenvalue weighted by molar-refractivity contribution is 7.89. The summed E-state index contributed by atoms with van der Waals surface area (Å²) < 4.78 is 34.3. The van der Waals surface area contributed by atoms with Gasteiger partial charge in [0.25, 0.3) is 0 Å². The van der Waals surface area contributed by atoms with Crippen molar-refractivity contribution in [3.63, 3.8) is 0 Å². The molecule has 0 bridgehead atoms. The molecule has 1 saturated heterocycles. The van der Waals surface area contributed by atoms with Crippen LogP contribution in [0.15, 0.2) is 29.2 Å². The van der Waals surface area contributed by atoms with Crippen molar-refractivity contribution >= 4 is 16.0 Å². The van der Waals surface area contributed by atoms with Crippen molar-refractivity contribution in [2.45, 2.75) is 64.3 Å². The smallest absolute Gasteiger partial charge is 0.323 e. The maximum absolute atomic E-state index is 12.8. The molecule has 1 aliphatic heterocycles. The lowest BCUT2D eigenvalue weighted by atomic mass is 9.92. The van der Waals surface area contributed by atoms with Crippen LogP contribution in [0, 0.1) is 6.92 Å². The number of nitrogens with zero attached hydrogens (tertiary/aromatic N) is 2. The average molecular weight is 463 g/mol. The van der Waals surface area contributed by atoms with Crippen molar-refractivity contribution in [2.24, 2.45) is 0 Å². The van der Waals surface area contributed by atoms with Gasteiger partial charge in [-0.1, -0.05) is 26.0 Å². The Morgan fingerprint density at radius 3 is 2.31 bits per heavy atom. The Bertz CT molecular complexity index is 1040. The quantitative estimate of drug-likeness (QED) is 0.711. The predicted molar refractivity (Wildman–Crippen MR) is 124 cm³/mol. The second kappa shape index (κ2) is 10.6. The Labute approximate surface area is 191 Å². The average Bonchev–Trinajstić information content (AvgIpc) is 3.07. The predicted octanol–water partition coefficient (Wildman–Crippen LogP) is 3.40. The lowest BCUT2D eigenvalue weighted by Crippen LogP contribution is -2.40. The van der Waals surface area contributed by atoms with E-state index < -0.39 is 16.0 Å². The molecule has 0 amide bonds. The topological polar surface area (TPSA) is 88.8 Å². The van der Waals surface area contributed by atoms with E-state index in [1.54, 1.807) is 12.1 Å². The summed E-state index contributed by atoms with van der Waals surface area (Å²) in [6, 6.07) is 7.10. The minimum absolute atomic E-state index is 0.00903. The van der Waals surface area contributed by atoms with E-state index in [1.807, 2.05) is 37.5 Å². The zero-order valence-corrected chi connectivity index (χ0v) is 20.1. The zero-order chi connectivity index (χ0) is 23.3. The Kier molecular flexibility index (Phi) is 8.14. The molecule has 1 aromatic heterocycles. The largest absolute Gasteiger partial charge is 0.480 e. The van der Waals surface area contributed by atoms with Gasteiger partial charge in [0, 0.05) is 24.5 Å². The molecule has 0 spiro atoms. The third-order valence-electron chi connectivity index (χ3n) is 6.18. The van der Waals surface area contributed by atoms with Crippen LogP contribution in [0.3, 0.4) is 0 Å². The van der Waals surface area contributed by atoms with E-state index in [9.17, 15) is 18.3 Å². The van der Waals surface area contributed by atoms with Crippen LogP contribution in [0.5, 0.6) is 0 Å². The number of hydrogen-bond acceptors (Lipinski definition) is 4. The number of carboxylic acid groups (broad SMARTS) is 1. The molecule has 0 atom stereocenters. The molecule has 32 heavy (non-hydrogen) atoms. The van der Waals surface area contributed by atoms with E-state index in [2.05, 4.69) is 0 Å². The molecule has 2 heterocycles. The van der Waals surface area contributed by atoms with Gasteiger partial charge in [-0.25, -0.2) is 8.42 Å². The van der Waals surface area contributed by atoms with Gasteiger partial charge in [-0.2, -0.15) is 4.31 Å². The Morgan fingerprint density at radius 1 is 1.06 bits per heavy atom. The van der Waals surface area contributed by atoms with Crippen molar-refractivity contribution in [2.75, 3.05) is 26.3 Å². The van der Waals surface area contributed by atoms with Gasteiger partial charge in [-0.15, -0.1) is 0 Å². The summed E-state index contributed by atoms with van der Waals surface area (Å²) in [7, 11) is -3.50. The van der Waals surface area contributed by atoms with Gasteiger partial charge in [-0.3, -0.25) is 4.79 Å². The lowest BCUT2D eigenvalue weighted by Gasteiger charge is -2.26. The van der Waals surface area contributed by atoms with Gasteiger partial charge in [0.15, 0.2) is 0 Å². The van der Waals surface area contributed by atoms with Crippen LogP contribution in [0.25, 0.3) is 0 Å². The number of aromatic nitrogens is 1. The van der Waals surface area contributed by atoms with Gasteiger partial charge in [-0.05, 0) is 67.9 Å². The van der Waals surface area contributed by atoms with E-state index in [-0.39, 0.29) is 6.54 Å². The molecule has 0 radical (unpaired) electrons. The number of aliphatic carboxylic acids is 1. The third-order valence-corrected chi connectivity index (χ3v) is 8.09. The fraction of sp³-hybridized carbons (Fsp3) is 0.542. The molecular weight excluding hydrogens is 428 g/mol. The summed E-state index contributed by atoms with van der Waals surface area (Å²) in [5, 5.41) is 9.32. The summed E-state index contributed by atoms with van der Waals surface area (Å²) in [6.07, 6.45) is 4.78. The molecule has 1 aromatic carbocycles. The normalized spacial score (nSPS) is 16.7.